The van der Waals surface area contributed by atoms with Gasteiger partial charge in [-0.25, -0.2) is 0 Å². The van der Waals surface area contributed by atoms with Crippen LogP contribution in [0.2, 0.25) is 0 Å². The molecular weight excluding hydrogens is 362 g/mol. The topological polar surface area (TPSA) is 55.4 Å². The Morgan fingerprint density at radius 1 is 1.03 bits per heavy atom. The lowest BCUT2D eigenvalue weighted by Crippen LogP contribution is -2.34. The maximum atomic E-state index is 12.6. The summed E-state index contributed by atoms with van der Waals surface area (Å²) in [5.41, 5.74) is 4.81. The summed E-state index contributed by atoms with van der Waals surface area (Å²) in [4.78, 5) is 24.4. The van der Waals surface area contributed by atoms with Gasteiger partial charge in [-0.05, 0) is 49.3 Å². The van der Waals surface area contributed by atoms with Crippen LogP contribution in [0.5, 0.6) is 0 Å². The minimum absolute atomic E-state index is 0.0665. The Balaban J connectivity index is 1.88. The number of nitrogens with one attached hydrogen (secondary N) is 1. The van der Waals surface area contributed by atoms with E-state index >= 15 is 0 Å². The third kappa shape index (κ3) is 7.72. The van der Waals surface area contributed by atoms with Crippen molar-refractivity contribution in [3.8, 4) is 11.1 Å². The van der Waals surface area contributed by atoms with Gasteiger partial charge in [0.05, 0.1) is 13.0 Å². The van der Waals surface area contributed by atoms with E-state index in [0.29, 0.717) is 25.5 Å². The lowest BCUT2D eigenvalue weighted by atomic mass is 9.93. The maximum absolute atomic E-state index is 12.6. The fourth-order valence-electron chi connectivity index (χ4n) is 3.44. The summed E-state index contributed by atoms with van der Waals surface area (Å²) in [6.07, 6.45) is 1.58. The molecule has 0 aliphatic heterocycles. The van der Waals surface area contributed by atoms with E-state index < -0.39 is 0 Å². The van der Waals surface area contributed by atoms with Gasteiger partial charge < -0.3 is 10.1 Å². The van der Waals surface area contributed by atoms with Crippen molar-refractivity contribution in [2.24, 2.45) is 11.8 Å². The number of rotatable bonds is 10. The number of hydrogen-bond acceptors (Lipinski definition) is 3. The van der Waals surface area contributed by atoms with Gasteiger partial charge in [0.25, 0.3) is 0 Å². The molecule has 0 aromatic heterocycles. The first-order valence-corrected chi connectivity index (χ1v) is 10.5. The summed E-state index contributed by atoms with van der Waals surface area (Å²) in [6.45, 7) is 8.88. The van der Waals surface area contributed by atoms with E-state index in [9.17, 15) is 9.59 Å². The summed E-state index contributed by atoms with van der Waals surface area (Å²) in [6, 6.07) is 16.9. The van der Waals surface area contributed by atoms with Crippen molar-refractivity contribution >= 4 is 11.9 Å². The minimum atomic E-state index is -0.335. The third-order valence-corrected chi connectivity index (χ3v) is 4.86. The molecule has 4 nitrogen and oxygen atoms in total. The van der Waals surface area contributed by atoms with Gasteiger partial charge in [-0.3, -0.25) is 9.59 Å². The highest BCUT2D eigenvalue weighted by Gasteiger charge is 2.23. The van der Waals surface area contributed by atoms with Crippen molar-refractivity contribution in [3.05, 3.63) is 59.7 Å². The molecule has 2 rings (SSSR count). The first kappa shape index (κ1) is 22.7. The van der Waals surface area contributed by atoms with E-state index in [2.05, 4.69) is 74.6 Å². The summed E-state index contributed by atoms with van der Waals surface area (Å²) >= 11 is 0. The highest BCUT2D eigenvalue weighted by molar-refractivity contribution is 5.83. The molecule has 4 heteroatoms. The lowest BCUT2D eigenvalue weighted by Gasteiger charge is -2.18. The standard InChI is InChI=1S/C25H33NO3/c1-5-29-24(27)17-23(15-18(2)3)25(28)26-14-13-20-9-11-21(12-10-20)22-8-6-7-19(4)16-22/h6-12,16,18,23H,5,13-15,17H2,1-4H3,(H,26,28). The van der Waals surface area contributed by atoms with Gasteiger partial charge in [0.1, 0.15) is 0 Å². The number of amides is 1. The van der Waals surface area contributed by atoms with E-state index in [0.717, 1.165) is 6.42 Å². The number of benzene rings is 2. The van der Waals surface area contributed by atoms with Gasteiger partial charge in [0, 0.05) is 12.5 Å². The molecule has 2 aromatic rings. The molecule has 1 unspecified atom stereocenters. The van der Waals surface area contributed by atoms with Crippen LogP contribution in [0.15, 0.2) is 48.5 Å². The monoisotopic (exact) mass is 395 g/mol. The molecule has 2 aromatic carbocycles. The van der Waals surface area contributed by atoms with Crippen LogP contribution >= 0.6 is 0 Å². The van der Waals surface area contributed by atoms with Crippen LogP contribution in [0.1, 0.15) is 44.7 Å². The Bertz CT molecular complexity index is 796. The Kier molecular flexibility index (Phi) is 8.91. The summed E-state index contributed by atoms with van der Waals surface area (Å²) in [5, 5.41) is 2.99. The van der Waals surface area contributed by atoms with Gasteiger partial charge in [-0.15, -0.1) is 0 Å². The molecule has 0 radical (unpaired) electrons. The summed E-state index contributed by atoms with van der Waals surface area (Å²) in [7, 11) is 0. The van der Waals surface area contributed by atoms with Crippen molar-refractivity contribution in [2.75, 3.05) is 13.2 Å². The zero-order valence-electron chi connectivity index (χ0n) is 18.0. The fraction of sp³-hybridized carbons (Fsp3) is 0.440. The second kappa shape index (κ2) is 11.4. The van der Waals surface area contributed by atoms with Crippen molar-refractivity contribution in [1.82, 2.24) is 5.32 Å². The SMILES string of the molecule is CCOC(=O)CC(CC(C)C)C(=O)NCCc1ccc(-c2cccc(C)c2)cc1. The molecule has 1 N–H and O–H groups in total. The molecule has 0 fully saturated rings. The fourth-order valence-corrected chi connectivity index (χ4v) is 3.44. The second-order valence-electron chi connectivity index (χ2n) is 7.94. The zero-order valence-corrected chi connectivity index (χ0v) is 18.0. The first-order valence-electron chi connectivity index (χ1n) is 10.5. The number of esters is 1. The number of hydrogen-bond donors (Lipinski definition) is 1. The van der Waals surface area contributed by atoms with Gasteiger partial charge in [-0.1, -0.05) is 67.9 Å². The molecule has 1 atom stereocenters. The molecule has 0 spiro atoms. The van der Waals surface area contributed by atoms with Gasteiger partial charge in [0.15, 0.2) is 0 Å². The van der Waals surface area contributed by atoms with Crippen LogP contribution in [-0.4, -0.2) is 25.0 Å². The molecule has 1 amide bonds. The second-order valence-corrected chi connectivity index (χ2v) is 7.94. The maximum Gasteiger partial charge on any atom is 0.306 e. The summed E-state index contributed by atoms with van der Waals surface area (Å²) in [5.74, 6) is -0.365. The van der Waals surface area contributed by atoms with E-state index in [-0.39, 0.29) is 24.2 Å². The first-order chi connectivity index (χ1) is 13.9. The Hall–Kier alpha value is -2.62. The van der Waals surface area contributed by atoms with Crippen molar-refractivity contribution in [2.45, 2.75) is 47.0 Å². The Labute approximate surface area is 174 Å². The Morgan fingerprint density at radius 2 is 1.76 bits per heavy atom. The molecule has 0 bridgehead atoms. The van der Waals surface area contributed by atoms with E-state index in [1.807, 2.05) is 0 Å². The zero-order chi connectivity index (χ0) is 21.2. The molecule has 0 saturated heterocycles. The number of carbonyl (C=O) groups is 2. The van der Waals surface area contributed by atoms with Gasteiger partial charge >= 0.3 is 5.97 Å². The van der Waals surface area contributed by atoms with Crippen LogP contribution in [-0.2, 0) is 20.7 Å². The van der Waals surface area contributed by atoms with Crippen LogP contribution in [0.3, 0.4) is 0 Å². The molecule has 29 heavy (non-hydrogen) atoms. The average molecular weight is 396 g/mol. The smallest absolute Gasteiger partial charge is 0.306 e. The molecule has 0 saturated carbocycles. The van der Waals surface area contributed by atoms with Crippen molar-refractivity contribution in [3.63, 3.8) is 0 Å². The predicted octanol–water partition coefficient (Wildman–Crippen LogP) is 4.94. The average Bonchev–Trinajstić information content (AvgIpc) is 2.68. The predicted molar refractivity (Wildman–Crippen MR) is 118 cm³/mol. The van der Waals surface area contributed by atoms with E-state index in [1.54, 1.807) is 6.92 Å². The molecule has 0 aliphatic rings. The van der Waals surface area contributed by atoms with Crippen molar-refractivity contribution in [1.29, 1.82) is 0 Å². The van der Waals surface area contributed by atoms with Crippen LogP contribution in [0.25, 0.3) is 11.1 Å². The Morgan fingerprint density at radius 3 is 2.38 bits per heavy atom. The van der Waals surface area contributed by atoms with E-state index in [4.69, 9.17) is 4.74 Å². The molecule has 156 valence electrons. The van der Waals surface area contributed by atoms with Crippen LogP contribution in [0.4, 0.5) is 0 Å². The number of aryl methyl sites for hydroxylation is 1. The lowest BCUT2D eigenvalue weighted by molar-refractivity contribution is -0.146. The van der Waals surface area contributed by atoms with Crippen molar-refractivity contribution < 1.29 is 14.3 Å². The molecular formula is C25H33NO3. The minimum Gasteiger partial charge on any atom is -0.466 e. The highest BCUT2D eigenvalue weighted by atomic mass is 16.5. The van der Waals surface area contributed by atoms with E-state index in [1.165, 1.54) is 22.3 Å². The van der Waals surface area contributed by atoms with Gasteiger partial charge in [-0.2, -0.15) is 0 Å². The number of ether oxygens (including phenoxy) is 1. The quantitative estimate of drug-likeness (QED) is 0.580. The highest BCUT2D eigenvalue weighted by Crippen LogP contribution is 2.21. The van der Waals surface area contributed by atoms with Crippen LogP contribution < -0.4 is 5.32 Å². The number of carbonyl (C=O) groups excluding carboxylic acids is 2. The normalized spacial score (nSPS) is 11.9. The largest absolute Gasteiger partial charge is 0.466 e. The molecule has 0 aliphatic carbocycles. The van der Waals surface area contributed by atoms with Gasteiger partial charge in [0.2, 0.25) is 5.91 Å². The summed E-state index contributed by atoms with van der Waals surface area (Å²) < 4.78 is 5.01. The third-order valence-electron chi connectivity index (χ3n) is 4.86. The molecule has 0 heterocycles. The van der Waals surface area contributed by atoms with Crippen LogP contribution in [0, 0.1) is 18.8 Å².